The van der Waals surface area contributed by atoms with Crippen LogP contribution in [0.1, 0.15) is 11.1 Å². The molecular weight excluding hydrogens is 336 g/mol. The van der Waals surface area contributed by atoms with Crippen LogP contribution in [0.2, 0.25) is 0 Å². The van der Waals surface area contributed by atoms with Crippen molar-refractivity contribution in [1.29, 1.82) is 0 Å². The average Bonchev–Trinajstić information content (AvgIpc) is 3.33. The summed E-state index contributed by atoms with van der Waals surface area (Å²) in [5, 5.41) is 2.57. The molecule has 5 rings (SSSR count). The second kappa shape index (κ2) is 5.14. The molecule has 26 heavy (non-hydrogen) atoms. The van der Waals surface area contributed by atoms with Gasteiger partial charge in [0.2, 0.25) is 18.6 Å². The van der Waals surface area contributed by atoms with Gasteiger partial charge >= 0.3 is 0 Å². The van der Waals surface area contributed by atoms with Crippen LogP contribution in [0.3, 0.4) is 0 Å². The maximum atomic E-state index is 13.5. The van der Waals surface area contributed by atoms with Crippen LogP contribution in [0, 0.1) is 0 Å². The van der Waals surface area contributed by atoms with E-state index in [9.17, 15) is 9.59 Å². The summed E-state index contributed by atoms with van der Waals surface area (Å²) >= 11 is 0. The van der Waals surface area contributed by atoms with Crippen LogP contribution in [-0.4, -0.2) is 38.8 Å². The Bertz CT molecular complexity index is 957. The van der Waals surface area contributed by atoms with E-state index in [2.05, 4.69) is 5.32 Å². The Morgan fingerprint density at radius 2 is 1.88 bits per heavy atom. The van der Waals surface area contributed by atoms with E-state index in [-0.39, 0.29) is 31.8 Å². The number of carbonyl (C=O) groups excluding carboxylic acids is 2. The molecule has 0 aromatic heterocycles. The molecule has 2 aromatic rings. The number of likely N-dealkylation sites (N-methyl/N-ethyl adjacent to an activating group) is 1. The monoisotopic (exact) mass is 352 g/mol. The fourth-order valence-electron chi connectivity index (χ4n) is 3.94. The third-order valence-electron chi connectivity index (χ3n) is 5.22. The zero-order chi connectivity index (χ0) is 17.9. The minimum Gasteiger partial charge on any atom is -0.491 e. The van der Waals surface area contributed by atoms with Crippen molar-refractivity contribution in [3.63, 3.8) is 0 Å². The zero-order valence-electron chi connectivity index (χ0n) is 14.1. The van der Waals surface area contributed by atoms with Crippen LogP contribution in [0.4, 0.5) is 5.69 Å². The molecule has 7 nitrogen and oxygen atoms in total. The van der Waals surface area contributed by atoms with Gasteiger partial charge in [-0.1, -0.05) is 18.2 Å². The molecular formula is C19H16N2O5. The van der Waals surface area contributed by atoms with E-state index in [1.165, 1.54) is 4.90 Å². The van der Waals surface area contributed by atoms with Crippen molar-refractivity contribution < 1.29 is 23.8 Å². The topological polar surface area (TPSA) is 77.1 Å². The van der Waals surface area contributed by atoms with Crippen LogP contribution in [0.5, 0.6) is 17.2 Å². The molecule has 3 aliphatic heterocycles. The first-order chi connectivity index (χ1) is 12.6. The summed E-state index contributed by atoms with van der Waals surface area (Å²) in [7, 11) is 1.55. The highest BCUT2D eigenvalue weighted by molar-refractivity contribution is 6.13. The number of benzene rings is 2. The molecule has 1 unspecified atom stereocenters. The van der Waals surface area contributed by atoms with Crippen molar-refractivity contribution in [2.45, 2.75) is 5.41 Å². The number of anilines is 1. The maximum Gasteiger partial charge on any atom is 0.246 e. The molecule has 7 heteroatoms. The number of nitrogens with one attached hydrogen (secondary N) is 1. The largest absolute Gasteiger partial charge is 0.491 e. The number of rotatable bonds is 2. The quantitative estimate of drug-likeness (QED) is 0.878. The normalized spacial score (nSPS) is 21.6. The Morgan fingerprint density at radius 1 is 1.12 bits per heavy atom. The van der Waals surface area contributed by atoms with E-state index >= 15 is 0 Å². The first kappa shape index (κ1) is 15.1. The lowest BCUT2D eigenvalue weighted by Gasteiger charge is -2.22. The number of amides is 2. The molecule has 0 fully saturated rings. The molecule has 2 aromatic carbocycles. The van der Waals surface area contributed by atoms with Crippen LogP contribution < -0.4 is 24.4 Å². The number of fused-ring (bicyclic) bond motifs is 5. The lowest BCUT2D eigenvalue weighted by Crippen LogP contribution is -2.45. The van der Waals surface area contributed by atoms with Crippen molar-refractivity contribution in [2.24, 2.45) is 0 Å². The highest BCUT2D eigenvalue weighted by Crippen LogP contribution is 2.54. The highest BCUT2D eigenvalue weighted by Gasteiger charge is 2.57. The number of hydrogen-bond donors (Lipinski definition) is 1. The molecule has 0 saturated heterocycles. The summed E-state index contributed by atoms with van der Waals surface area (Å²) < 4.78 is 16.8. The SMILES string of the molecule is CNC(=O)CN1C(=O)C2(COc3cc4c(cc32)OCO4)c2ccccc21. The van der Waals surface area contributed by atoms with Crippen LogP contribution in [-0.2, 0) is 15.0 Å². The smallest absolute Gasteiger partial charge is 0.246 e. The minimum atomic E-state index is -0.971. The van der Waals surface area contributed by atoms with E-state index in [1.807, 2.05) is 30.3 Å². The second-order valence-corrected chi connectivity index (χ2v) is 6.48. The Morgan fingerprint density at radius 3 is 2.69 bits per heavy atom. The molecule has 2 amide bonds. The molecule has 1 N–H and O–H groups in total. The average molecular weight is 352 g/mol. The van der Waals surface area contributed by atoms with E-state index in [1.54, 1.807) is 13.1 Å². The maximum absolute atomic E-state index is 13.5. The van der Waals surface area contributed by atoms with Crippen LogP contribution >= 0.6 is 0 Å². The van der Waals surface area contributed by atoms with Gasteiger partial charge in [0.25, 0.3) is 0 Å². The van der Waals surface area contributed by atoms with Gasteiger partial charge in [-0.25, -0.2) is 0 Å². The predicted octanol–water partition coefficient (Wildman–Crippen LogP) is 1.19. The van der Waals surface area contributed by atoms with Gasteiger partial charge in [0.15, 0.2) is 11.5 Å². The van der Waals surface area contributed by atoms with Crippen molar-refractivity contribution >= 4 is 17.5 Å². The third kappa shape index (κ3) is 1.77. The zero-order valence-corrected chi connectivity index (χ0v) is 14.1. The second-order valence-electron chi connectivity index (χ2n) is 6.48. The lowest BCUT2D eigenvalue weighted by atomic mass is 9.77. The number of para-hydroxylation sites is 1. The fourth-order valence-corrected chi connectivity index (χ4v) is 3.94. The van der Waals surface area contributed by atoms with Crippen molar-refractivity contribution in [1.82, 2.24) is 5.32 Å². The summed E-state index contributed by atoms with van der Waals surface area (Å²) in [5.74, 6) is 1.43. The van der Waals surface area contributed by atoms with Crippen molar-refractivity contribution in [2.75, 3.05) is 31.9 Å². The first-order valence-corrected chi connectivity index (χ1v) is 8.34. The van der Waals surface area contributed by atoms with Gasteiger partial charge in [-0.3, -0.25) is 9.59 Å². The van der Waals surface area contributed by atoms with E-state index in [4.69, 9.17) is 14.2 Å². The summed E-state index contributed by atoms with van der Waals surface area (Å²) in [6, 6.07) is 11.1. The Balaban J connectivity index is 1.69. The summed E-state index contributed by atoms with van der Waals surface area (Å²) in [5.41, 5.74) is 1.35. The number of ether oxygens (including phenoxy) is 3. The lowest BCUT2D eigenvalue weighted by molar-refractivity contribution is -0.125. The highest BCUT2D eigenvalue weighted by atomic mass is 16.7. The Hall–Kier alpha value is -3.22. The summed E-state index contributed by atoms with van der Waals surface area (Å²) in [6.07, 6.45) is 0. The summed E-state index contributed by atoms with van der Waals surface area (Å²) in [6.45, 7) is 0.303. The molecule has 0 bridgehead atoms. The number of nitrogens with zero attached hydrogens (tertiary/aromatic N) is 1. The minimum absolute atomic E-state index is 0.0337. The molecule has 0 saturated carbocycles. The van der Waals surface area contributed by atoms with E-state index in [0.717, 1.165) is 16.8 Å². The van der Waals surface area contributed by atoms with Gasteiger partial charge in [0, 0.05) is 24.4 Å². The molecule has 0 radical (unpaired) electrons. The van der Waals surface area contributed by atoms with Gasteiger partial charge < -0.3 is 24.4 Å². The van der Waals surface area contributed by atoms with E-state index < -0.39 is 5.41 Å². The van der Waals surface area contributed by atoms with Crippen molar-refractivity contribution in [3.8, 4) is 17.2 Å². The molecule has 3 heterocycles. The van der Waals surface area contributed by atoms with Crippen LogP contribution in [0.25, 0.3) is 0 Å². The number of carbonyl (C=O) groups is 2. The molecule has 3 aliphatic rings. The summed E-state index contributed by atoms with van der Waals surface area (Å²) in [4.78, 5) is 27.0. The number of hydrogen-bond acceptors (Lipinski definition) is 5. The van der Waals surface area contributed by atoms with Gasteiger partial charge in [-0.15, -0.1) is 0 Å². The standard InChI is InChI=1S/C19H16N2O5/c1-20-17(22)8-21-13-5-3-2-4-11(13)19(18(21)23)9-24-14-7-16-15(6-12(14)19)25-10-26-16/h2-7H,8-10H2,1H3,(H,20,22). The Kier molecular flexibility index (Phi) is 2.98. The first-order valence-electron chi connectivity index (χ1n) is 8.34. The van der Waals surface area contributed by atoms with Crippen LogP contribution in [0.15, 0.2) is 36.4 Å². The third-order valence-corrected chi connectivity index (χ3v) is 5.22. The Labute approximate surface area is 149 Å². The molecule has 1 atom stereocenters. The van der Waals surface area contributed by atoms with Gasteiger partial charge in [0.1, 0.15) is 24.3 Å². The fraction of sp³-hybridized carbons (Fsp3) is 0.263. The van der Waals surface area contributed by atoms with Gasteiger partial charge in [0.05, 0.1) is 0 Å². The molecule has 132 valence electrons. The van der Waals surface area contributed by atoms with Gasteiger partial charge in [-0.05, 0) is 17.7 Å². The van der Waals surface area contributed by atoms with Gasteiger partial charge in [-0.2, -0.15) is 0 Å². The van der Waals surface area contributed by atoms with Crippen molar-refractivity contribution in [3.05, 3.63) is 47.5 Å². The molecule has 1 spiro atoms. The van der Waals surface area contributed by atoms with E-state index in [0.29, 0.717) is 17.2 Å². The molecule has 0 aliphatic carbocycles. The predicted molar refractivity (Wildman–Crippen MR) is 91.7 cm³/mol.